The summed E-state index contributed by atoms with van der Waals surface area (Å²) in [5.74, 6) is 0.666. The molecule has 18 heavy (non-hydrogen) atoms. The van der Waals surface area contributed by atoms with Crippen LogP contribution in [-0.4, -0.2) is 17.8 Å². The van der Waals surface area contributed by atoms with Crippen LogP contribution in [0.5, 0.6) is 0 Å². The van der Waals surface area contributed by atoms with Gasteiger partial charge in [0, 0.05) is 12.6 Å². The maximum absolute atomic E-state index is 9.82. The predicted octanol–water partition coefficient (Wildman–Crippen LogP) is 3.38. The Hall–Kier alpha value is -0.860. The van der Waals surface area contributed by atoms with Crippen molar-refractivity contribution in [3.05, 3.63) is 35.4 Å². The van der Waals surface area contributed by atoms with Gasteiger partial charge in [-0.05, 0) is 36.3 Å². The molecule has 0 saturated carbocycles. The highest BCUT2D eigenvalue weighted by molar-refractivity contribution is 5.34. The molecule has 100 valence electrons. The third-order valence-corrected chi connectivity index (χ3v) is 4.01. The van der Waals surface area contributed by atoms with Crippen LogP contribution in [0.1, 0.15) is 62.6 Å². The lowest BCUT2D eigenvalue weighted by molar-refractivity contribution is 0.154. The molecule has 0 aromatic heterocycles. The summed E-state index contributed by atoms with van der Waals surface area (Å²) >= 11 is 0. The van der Waals surface area contributed by atoms with Crippen LogP contribution in [0.15, 0.2) is 24.3 Å². The molecule has 0 aliphatic heterocycles. The zero-order chi connectivity index (χ0) is 13.0. The molecule has 3 unspecified atom stereocenters. The van der Waals surface area contributed by atoms with Gasteiger partial charge in [0.05, 0.1) is 6.10 Å². The zero-order valence-corrected chi connectivity index (χ0v) is 11.5. The zero-order valence-electron chi connectivity index (χ0n) is 11.5. The van der Waals surface area contributed by atoms with Crippen LogP contribution >= 0.6 is 0 Å². The van der Waals surface area contributed by atoms with Crippen LogP contribution in [0.3, 0.4) is 0 Å². The highest BCUT2D eigenvalue weighted by atomic mass is 16.3. The highest BCUT2D eigenvalue weighted by Crippen LogP contribution is 2.36. The smallest absolute Gasteiger partial charge is 0.0664 e. The van der Waals surface area contributed by atoms with E-state index < -0.39 is 0 Å². The summed E-state index contributed by atoms with van der Waals surface area (Å²) in [6.07, 6.45) is 4.13. The Morgan fingerprint density at radius 1 is 1.28 bits per heavy atom. The van der Waals surface area contributed by atoms with Crippen LogP contribution in [-0.2, 0) is 0 Å². The first-order chi connectivity index (χ1) is 8.72. The third kappa shape index (κ3) is 3.12. The summed E-state index contributed by atoms with van der Waals surface area (Å²) in [6.45, 7) is 5.13. The van der Waals surface area contributed by atoms with Gasteiger partial charge in [0.2, 0.25) is 0 Å². The standard InChI is InChI=1S/C16H25NO/c1-3-6-13(18)11-17-16-10-9-12(2)14-7-4-5-8-15(14)16/h4-5,7-8,12-13,16-18H,3,6,9-11H2,1-2H3. The lowest BCUT2D eigenvalue weighted by Crippen LogP contribution is -2.32. The first-order valence-electron chi connectivity index (χ1n) is 7.22. The number of hydrogen-bond acceptors (Lipinski definition) is 2. The summed E-state index contributed by atoms with van der Waals surface area (Å²) in [7, 11) is 0. The van der Waals surface area contributed by atoms with Gasteiger partial charge in [0.1, 0.15) is 0 Å². The normalized spacial score (nSPS) is 24.6. The van der Waals surface area contributed by atoms with Gasteiger partial charge < -0.3 is 10.4 Å². The van der Waals surface area contributed by atoms with E-state index in [4.69, 9.17) is 0 Å². The highest BCUT2D eigenvalue weighted by Gasteiger charge is 2.24. The van der Waals surface area contributed by atoms with Gasteiger partial charge in [0.15, 0.2) is 0 Å². The van der Waals surface area contributed by atoms with Crippen molar-refractivity contribution in [2.24, 2.45) is 0 Å². The molecule has 0 saturated heterocycles. The minimum atomic E-state index is -0.207. The molecular weight excluding hydrogens is 222 g/mol. The van der Waals surface area contributed by atoms with Crippen molar-refractivity contribution in [1.82, 2.24) is 5.32 Å². The molecule has 2 heteroatoms. The SMILES string of the molecule is CCCC(O)CNC1CCC(C)c2ccccc21. The molecule has 2 nitrogen and oxygen atoms in total. The van der Waals surface area contributed by atoms with E-state index in [1.54, 1.807) is 0 Å². The summed E-state index contributed by atoms with van der Waals surface area (Å²) in [5.41, 5.74) is 2.91. The van der Waals surface area contributed by atoms with Crippen molar-refractivity contribution >= 4 is 0 Å². The molecule has 1 aliphatic rings. The molecule has 0 spiro atoms. The van der Waals surface area contributed by atoms with E-state index in [9.17, 15) is 5.11 Å². The van der Waals surface area contributed by atoms with Crippen LogP contribution in [0.4, 0.5) is 0 Å². The topological polar surface area (TPSA) is 32.3 Å². The van der Waals surface area contributed by atoms with Crippen LogP contribution in [0.25, 0.3) is 0 Å². The summed E-state index contributed by atoms with van der Waals surface area (Å²) in [4.78, 5) is 0. The Labute approximate surface area is 110 Å². The molecule has 1 aromatic carbocycles. The Balaban J connectivity index is 2.00. The lowest BCUT2D eigenvalue weighted by atomic mass is 9.81. The second-order valence-corrected chi connectivity index (χ2v) is 5.51. The number of benzene rings is 1. The fraction of sp³-hybridized carbons (Fsp3) is 0.625. The molecule has 2 N–H and O–H groups in total. The maximum Gasteiger partial charge on any atom is 0.0664 e. The number of hydrogen-bond donors (Lipinski definition) is 2. The molecule has 0 fully saturated rings. The van der Waals surface area contributed by atoms with Gasteiger partial charge in [-0.2, -0.15) is 0 Å². The van der Waals surface area contributed by atoms with E-state index in [1.807, 2.05) is 0 Å². The molecule has 1 aromatic rings. The summed E-state index contributed by atoms with van der Waals surface area (Å²) < 4.78 is 0. The molecule has 2 rings (SSSR count). The van der Waals surface area contributed by atoms with Gasteiger partial charge in [-0.3, -0.25) is 0 Å². The first-order valence-corrected chi connectivity index (χ1v) is 7.22. The van der Waals surface area contributed by atoms with Crippen LogP contribution < -0.4 is 5.32 Å². The number of nitrogens with one attached hydrogen (secondary N) is 1. The fourth-order valence-corrected chi connectivity index (χ4v) is 2.93. The predicted molar refractivity (Wildman–Crippen MR) is 75.7 cm³/mol. The molecule has 1 aliphatic carbocycles. The Morgan fingerprint density at radius 3 is 2.72 bits per heavy atom. The van der Waals surface area contributed by atoms with Crippen LogP contribution in [0.2, 0.25) is 0 Å². The summed E-state index contributed by atoms with van der Waals surface area (Å²) in [5, 5.41) is 13.4. The molecule has 0 heterocycles. The Bertz CT molecular complexity index is 377. The van der Waals surface area contributed by atoms with Gasteiger partial charge in [-0.1, -0.05) is 44.5 Å². The largest absolute Gasteiger partial charge is 0.392 e. The average Bonchev–Trinajstić information content (AvgIpc) is 2.39. The van der Waals surface area contributed by atoms with Crippen molar-refractivity contribution in [3.8, 4) is 0 Å². The van der Waals surface area contributed by atoms with Gasteiger partial charge >= 0.3 is 0 Å². The number of aliphatic hydroxyl groups excluding tert-OH is 1. The molecule has 0 bridgehead atoms. The molecule has 3 atom stereocenters. The fourth-order valence-electron chi connectivity index (χ4n) is 2.93. The minimum absolute atomic E-state index is 0.207. The van der Waals surface area contributed by atoms with Gasteiger partial charge in [-0.25, -0.2) is 0 Å². The van der Waals surface area contributed by atoms with E-state index in [0.29, 0.717) is 18.5 Å². The quantitative estimate of drug-likeness (QED) is 0.836. The summed E-state index contributed by atoms with van der Waals surface area (Å²) in [6, 6.07) is 9.15. The first kappa shape index (κ1) is 13.6. The third-order valence-electron chi connectivity index (χ3n) is 4.01. The molecular formula is C16H25NO. The van der Waals surface area contributed by atoms with Crippen molar-refractivity contribution < 1.29 is 5.11 Å². The van der Waals surface area contributed by atoms with Gasteiger partial charge in [0.25, 0.3) is 0 Å². The van der Waals surface area contributed by atoms with Crippen molar-refractivity contribution in [2.45, 2.75) is 57.6 Å². The van der Waals surface area contributed by atoms with E-state index in [0.717, 1.165) is 12.8 Å². The van der Waals surface area contributed by atoms with Crippen molar-refractivity contribution in [2.75, 3.05) is 6.54 Å². The lowest BCUT2D eigenvalue weighted by Gasteiger charge is -2.31. The monoisotopic (exact) mass is 247 g/mol. The molecule has 0 radical (unpaired) electrons. The molecule has 0 amide bonds. The van der Waals surface area contributed by atoms with E-state index in [-0.39, 0.29) is 6.10 Å². The maximum atomic E-state index is 9.82. The number of rotatable bonds is 5. The van der Waals surface area contributed by atoms with E-state index in [1.165, 1.54) is 24.0 Å². The number of aliphatic hydroxyl groups is 1. The Morgan fingerprint density at radius 2 is 2.00 bits per heavy atom. The Kier molecular flexibility index (Phi) is 4.79. The average molecular weight is 247 g/mol. The second-order valence-electron chi connectivity index (χ2n) is 5.51. The van der Waals surface area contributed by atoms with Crippen molar-refractivity contribution in [1.29, 1.82) is 0 Å². The van der Waals surface area contributed by atoms with E-state index in [2.05, 4.69) is 43.4 Å². The minimum Gasteiger partial charge on any atom is -0.392 e. The van der Waals surface area contributed by atoms with Gasteiger partial charge in [-0.15, -0.1) is 0 Å². The second kappa shape index (κ2) is 6.35. The number of fused-ring (bicyclic) bond motifs is 1. The van der Waals surface area contributed by atoms with E-state index >= 15 is 0 Å². The van der Waals surface area contributed by atoms with Crippen LogP contribution in [0, 0.1) is 0 Å². The van der Waals surface area contributed by atoms with Crippen molar-refractivity contribution in [3.63, 3.8) is 0 Å².